The standard InChI is InChI=1S/C13H19BrO3S/c1-13(2,18(3,15)16)10-17-9-12-6-4-11(8-14)5-7-12/h4-7H,8-10H2,1-3H3. The molecule has 0 heterocycles. The fourth-order valence-corrected chi connectivity index (χ4v) is 1.92. The molecule has 1 aromatic carbocycles. The van der Waals surface area contributed by atoms with Crippen LogP contribution in [0.15, 0.2) is 24.3 Å². The monoisotopic (exact) mass is 334 g/mol. The maximum Gasteiger partial charge on any atom is 0.154 e. The number of hydrogen-bond acceptors (Lipinski definition) is 3. The fraction of sp³-hybridized carbons (Fsp3) is 0.538. The summed E-state index contributed by atoms with van der Waals surface area (Å²) in [7, 11) is -3.10. The Labute approximate surface area is 118 Å². The van der Waals surface area contributed by atoms with E-state index in [2.05, 4.69) is 15.9 Å². The minimum atomic E-state index is -3.10. The van der Waals surface area contributed by atoms with Crippen LogP contribution >= 0.6 is 15.9 Å². The van der Waals surface area contributed by atoms with Crippen LogP contribution in [0.25, 0.3) is 0 Å². The van der Waals surface area contributed by atoms with Crippen molar-refractivity contribution >= 4 is 25.8 Å². The second-order valence-corrected chi connectivity index (χ2v) is 8.19. The van der Waals surface area contributed by atoms with Gasteiger partial charge in [-0.25, -0.2) is 8.42 Å². The summed E-state index contributed by atoms with van der Waals surface area (Å²) < 4.78 is 27.6. The van der Waals surface area contributed by atoms with Crippen LogP contribution in [-0.2, 0) is 26.5 Å². The molecule has 0 N–H and O–H groups in total. The largest absolute Gasteiger partial charge is 0.375 e. The third-order valence-corrected chi connectivity index (χ3v) is 5.67. The van der Waals surface area contributed by atoms with Gasteiger partial charge in [0.25, 0.3) is 0 Å². The highest BCUT2D eigenvalue weighted by molar-refractivity contribution is 9.08. The highest BCUT2D eigenvalue weighted by Crippen LogP contribution is 2.16. The summed E-state index contributed by atoms with van der Waals surface area (Å²) in [5.41, 5.74) is 2.25. The van der Waals surface area contributed by atoms with Crippen LogP contribution in [0.5, 0.6) is 0 Å². The van der Waals surface area contributed by atoms with E-state index in [0.29, 0.717) is 6.61 Å². The number of sulfone groups is 1. The van der Waals surface area contributed by atoms with E-state index in [4.69, 9.17) is 4.74 Å². The number of ether oxygens (including phenoxy) is 1. The predicted octanol–water partition coefficient (Wildman–Crippen LogP) is 2.92. The maximum absolute atomic E-state index is 11.5. The minimum Gasteiger partial charge on any atom is -0.375 e. The first-order valence-corrected chi connectivity index (χ1v) is 8.69. The molecule has 1 aromatic rings. The van der Waals surface area contributed by atoms with Crippen LogP contribution in [0.4, 0.5) is 0 Å². The molecule has 0 radical (unpaired) electrons. The van der Waals surface area contributed by atoms with Gasteiger partial charge in [-0.1, -0.05) is 40.2 Å². The zero-order valence-corrected chi connectivity index (χ0v) is 13.3. The Bertz CT molecular complexity index is 477. The minimum absolute atomic E-state index is 0.200. The molecule has 0 unspecified atom stereocenters. The average Bonchev–Trinajstić information content (AvgIpc) is 2.28. The van der Waals surface area contributed by atoms with E-state index >= 15 is 0 Å². The molecule has 18 heavy (non-hydrogen) atoms. The zero-order valence-electron chi connectivity index (χ0n) is 10.9. The van der Waals surface area contributed by atoms with Gasteiger partial charge in [0, 0.05) is 11.6 Å². The summed E-state index contributed by atoms with van der Waals surface area (Å²) in [5.74, 6) is 0. The van der Waals surface area contributed by atoms with Gasteiger partial charge in [-0.05, 0) is 25.0 Å². The predicted molar refractivity (Wildman–Crippen MR) is 77.7 cm³/mol. The molecule has 0 spiro atoms. The van der Waals surface area contributed by atoms with Crippen molar-refractivity contribution < 1.29 is 13.2 Å². The van der Waals surface area contributed by atoms with Crippen LogP contribution in [0.2, 0.25) is 0 Å². The molecule has 0 atom stereocenters. The molecule has 0 aliphatic rings. The Kier molecular flexibility index (Phi) is 5.37. The summed E-state index contributed by atoms with van der Waals surface area (Å²) in [5, 5.41) is 0.829. The van der Waals surface area contributed by atoms with E-state index in [1.165, 1.54) is 11.8 Å². The summed E-state index contributed by atoms with van der Waals surface area (Å²) in [6.07, 6.45) is 1.24. The lowest BCUT2D eigenvalue weighted by Gasteiger charge is -2.22. The van der Waals surface area contributed by atoms with Crippen LogP contribution in [0.1, 0.15) is 25.0 Å². The third kappa shape index (κ3) is 4.37. The molecular weight excluding hydrogens is 316 g/mol. The molecular formula is C13H19BrO3S. The fourth-order valence-electron chi connectivity index (χ4n) is 1.25. The lowest BCUT2D eigenvalue weighted by atomic mass is 10.2. The highest BCUT2D eigenvalue weighted by atomic mass is 79.9. The summed E-state index contributed by atoms with van der Waals surface area (Å²) in [6, 6.07) is 8.03. The van der Waals surface area contributed by atoms with Crippen molar-refractivity contribution in [2.24, 2.45) is 0 Å². The number of hydrogen-bond donors (Lipinski definition) is 0. The molecule has 5 heteroatoms. The quantitative estimate of drug-likeness (QED) is 0.751. The normalized spacial score (nSPS) is 12.7. The van der Waals surface area contributed by atoms with Crippen molar-refractivity contribution in [3.63, 3.8) is 0 Å². The van der Waals surface area contributed by atoms with Gasteiger partial charge in [0.1, 0.15) is 0 Å². The summed E-state index contributed by atoms with van der Waals surface area (Å²) in [6.45, 7) is 3.99. The van der Waals surface area contributed by atoms with Crippen molar-refractivity contribution in [1.29, 1.82) is 0 Å². The van der Waals surface area contributed by atoms with Gasteiger partial charge < -0.3 is 4.74 Å². The van der Waals surface area contributed by atoms with Crippen molar-refractivity contribution in [3.05, 3.63) is 35.4 Å². The average molecular weight is 335 g/mol. The SMILES string of the molecule is CC(C)(COCc1ccc(CBr)cc1)S(C)(=O)=O. The van der Waals surface area contributed by atoms with Gasteiger partial charge in [-0.3, -0.25) is 0 Å². The first-order valence-electron chi connectivity index (χ1n) is 5.67. The van der Waals surface area contributed by atoms with Gasteiger partial charge in [0.15, 0.2) is 9.84 Å². The molecule has 0 fully saturated rings. The van der Waals surface area contributed by atoms with Gasteiger partial charge in [-0.2, -0.15) is 0 Å². The second kappa shape index (κ2) is 6.17. The van der Waals surface area contributed by atoms with Crippen molar-refractivity contribution in [2.45, 2.75) is 30.5 Å². The number of alkyl halides is 1. The van der Waals surface area contributed by atoms with E-state index in [1.54, 1.807) is 13.8 Å². The Balaban J connectivity index is 2.51. The van der Waals surface area contributed by atoms with Gasteiger partial charge >= 0.3 is 0 Å². The van der Waals surface area contributed by atoms with Crippen LogP contribution < -0.4 is 0 Å². The lowest BCUT2D eigenvalue weighted by molar-refractivity contribution is 0.104. The molecule has 0 saturated carbocycles. The maximum atomic E-state index is 11.5. The highest BCUT2D eigenvalue weighted by Gasteiger charge is 2.30. The van der Waals surface area contributed by atoms with Crippen LogP contribution in [0.3, 0.4) is 0 Å². The molecule has 3 nitrogen and oxygen atoms in total. The van der Waals surface area contributed by atoms with Crippen LogP contribution in [0, 0.1) is 0 Å². The van der Waals surface area contributed by atoms with Crippen molar-refractivity contribution in [3.8, 4) is 0 Å². The smallest absolute Gasteiger partial charge is 0.154 e. The molecule has 0 aliphatic heterocycles. The van der Waals surface area contributed by atoms with Crippen molar-refractivity contribution in [2.75, 3.05) is 12.9 Å². The summed E-state index contributed by atoms with van der Waals surface area (Å²) in [4.78, 5) is 0. The van der Waals surface area contributed by atoms with Gasteiger partial charge in [0.2, 0.25) is 0 Å². The van der Waals surface area contributed by atoms with Crippen LogP contribution in [-0.4, -0.2) is 26.0 Å². The number of rotatable bonds is 6. The zero-order chi connectivity index (χ0) is 13.8. The Morgan fingerprint density at radius 1 is 1.17 bits per heavy atom. The van der Waals surface area contributed by atoms with Gasteiger partial charge in [-0.15, -0.1) is 0 Å². The van der Waals surface area contributed by atoms with E-state index in [9.17, 15) is 8.42 Å². The van der Waals surface area contributed by atoms with E-state index in [-0.39, 0.29) is 6.61 Å². The first kappa shape index (κ1) is 15.7. The van der Waals surface area contributed by atoms with E-state index < -0.39 is 14.6 Å². The van der Waals surface area contributed by atoms with Crippen molar-refractivity contribution in [1.82, 2.24) is 0 Å². The molecule has 1 rings (SSSR count). The molecule has 0 aromatic heterocycles. The lowest BCUT2D eigenvalue weighted by Crippen LogP contribution is -2.36. The Hall–Kier alpha value is -0.390. The molecule has 0 bridgehead atoms. The molecule has 0 amide bonds. The second-order valence-electron chi connectivity index (χ2n) is 4.97. The molecule has 102 valence electrons. The Morgan fingerprint density at radius 3 is 2.11 bits per heavy atom. The number of benzene rings is 1. The third-order valence-electron chi connectivity index (χ3n) is 2.90. The van der Waals surface area contributed by atoms with Gasteiger partial charge in [0.05, 0.1) is 18.0 Å². The molecule has 0 saturated heterocycles. The summed E-state index contributed by atoms with van der Waals surface area (Å²) >= 11 is 3.38. The molecule has 0 aliphatic carbocycles. The Morgan fingerprint density at radius 2 is 1.67 bits per heavy atom. The number of halogens is 1. The first-order chi connectivity index (χ1) is 8.26. The van der Waals surface area contributed by atoms with E-state index in [1.807, 2.05) is 24.3 Å². The topological polar surface area (TPSA) is 43.4 Å². The van der Waals surface area contributed by atoms with E-state index in [0.717, 1.165) is 10.9 Å².